The Morgan fingerprint density at radius 3 is 1.92 bits per heavy atom. The molecule has 0 atom stereocenters. The van der Waals surface area contributed by atoms with Crippen molar-refractivity contribution >= 4 is 34.8 Å². The van der Waals surface area contributed by atoms with Gasteiger partial charge in [-0.05, 0) is 38.8 Å². The lowest BCUT2D eigenvalue weighted by molar-refractivity contribution is -0.125. The molecule has 136 valence electrons. The summed E-state index contributed by atoms with van der Waals surface area (Å²) in [6.07, 6.45) is 0.339. The molecule has 25 heavy (non-hydrogen) atoms. The fourth-order valence-electron chi connectivity index (χ4n) is 2.09. The third-order valence-electron chi connectivity index (χ3n) is 3.16. The maximum absolute atomic E-state index is 11.8. The molecule has 0 unspecified atom stereocenters. The summed E-state index contributed by atoms with van der Waals surface area (Å²) in [4.78, 5) is 45.8. The number of carbonyl (C=O) groups is 4. The fourth-order valence-corrected chi connectivity index (χ4v) is 2.09. The zero-order valence-corrected chi connectivity index (χ0v) is 15.0. The number of anilines is 2. The van der Waals surface area contributed by atoms with Crippen molar-refractivity contribution in [1.29, 1.82) is 0 Å². The van der Waals surface area contributed by atoms with Crippen LogP contribution < -0.4 is 15.4 Å². The molecule has 0 radical (unpaired) electrons. The molecule has 0 saturated heterocycles. The van der Waals surface area contributed by atoms with Gasteiger partial charge in [-0.2, -0.15) is 0 Å². The molecular weight excluding hydrogens is 324 g/mol. The quantitative estimate of drug-likeness (QED) is 0.668. The van der Waals surface area contributed by atoms with E-state index in [0.717, 1.165) is 6.42 Å². The molecule has 0 spiro atoms. The third-order valence-corrected chi connectivity index (χ3v) is 3.16. The van der Waals surface area contributed by atoms with E-state index < -0.39 is 11.8 Å². The molecule has 0 aliphatic heterocycles. The van der Waals surface area contributed by atoms with E-state index in [2.05, 4.69) is 10.6 Å². The van der Waals surface area contributed by atoms with E-state index in [9.17, 15) is 19.2 Å². The summed E-state index contributed by atoms with van der Waals surface area (Å²) in [5, 5.41) is 5.32. The summed E-state index contributed by atoms with van der Waals surface area (Å²) in [5.74, 6) is -0.918. The monoisotopic (exact) mass is 348 g/mol. The largest absolute Gasteiger partial charge is 0.491 e. The molecule has 7 nitrogen and oxygen atoms in total. The number of benzene rings is 1. The van der Waals surface area contributed by atoms with Gasteiger partial charge in [0.15, 0.2) is 0 Å². The van der Waals surface area contributed by atoms with Crippen LogP contribution in [0, 0.1) is 6.92 Å². The number of ether oxygens (including phenoxy) is 1. The average Bonchev–Trinajstić information content (AvgIpc) is 2.46. The zero-order valence-electron chi connectivity index (χ0n) is 15.0. The van der Waals surface area contributed by atoms with Crippen LogP contribution in [0.4, 0.5) is 11.4 Å². The first-order chi connectivity index (χ1) is 11.7. The highest BCUT2D eigenvalue weighted by molar-refractivity contribution is 6.05. The molecule has 0 aliphatic carbocycles. The van der Waals surface area contributed by atoms with E-state index in [4.69, 9.17) is 4.74 Å². The van der Waals surface area contributed by atoms with Gasteiger partial charge in [0.2, 0.25) is 11.8 Å². The summed E-state index contributed by atoms with van der Waals surface area (Å²) in [5.41, 5.74) is 1.63. The van der Waals surface area contributed by atoms with Gasteiger partial charge < -0.3 is 15.4 Å². The number of amides is 2. The molecule has 0 fully saturated rings. The van der Waals surface area contributed by atoms with Crippen LogP contribution in [-0.2, 0) is 19.2 Å². The zero-order chi connectivity index (χ0) is 19.0. The molecular formula is C18H24N2O5. The van der Waals surface area contributed by atoms with Crippen LogP contribution >= 0.6 is 0 Å². The number of nitrogens with one attached hydrogen (secondary N) is 2. The SMILES string of the molecule is CCCOc1cc(NC(=O)CC(C)=O)c(C)cc1NC(=O)CC(C)=O. The predicted octanol–water partition coefficient (Wildman–Crippen LogP) is 2.62. The Kier molecular flexibility index (Phi) is 7.78. The smallest absolute Gasteiger partial charge is 0.231 e. The van der Waals surface area contributed by atoms with E-state index in [1.807, 2.05) is 6.92 Å². The second-order valence-electron chi connectivity index (χ2n) is 5.87. The fraction of sp³-hybridized carbons (Fsp3) is 0.444. The van der Waals surface area contributed by atoms with Crippen molar-refractivity contribution in [3.05, 3.63) is 17.7 Å². The average molecular weight is 348 g/mol. The first-order valence-electron chi connectivity index (χ1n) is 8.09. The van der Waals surface area contributed by atoms with Crippen molar-refractivity contribution in [2.75, 3.05) is 17.2 Å². The number of rotatable bonds is 9. The first-order valence-corrected chi connectivity index (χ1v) is 8.09. The molecule has 1 rings (SSSR count). The Balaban J connectivity index is 3.06. The van der Waals surface area contributed by atoms with Crippen LogP contribution in [0.3, 0.4) is 0 Å². The maximum atomic E-state index is 11.8. The van der Waals surface area contributed by atoms with Gasteiger partial charge in [-0.25, -0.2) is 0 Å². The van der Waals surface area contributed by atoms with Crippen molar-refractivity contribution in [2.24, 2.45) is 0 Å². The van der Waals surface area contributed by atoms with E-state index in [-0.39, 0.29) is 24.4 Å². The normalized spacial score (nSPS) is 10.1. The van der Waals surface area contributed by atoms with Crippen molar-refractivity contribution in [1.82, 2.24) is 0 Å². The molecule has 0 aliphatic rings. The third kappa shape index (κ3) is 7.15. The van der Waals surface area contributed by atoms with Gasteiger partial charge in [0.05, 0.1) is 25.1 Å². The van der Waals surface area contributed by atoms with Gasteiger partial charge in [0.1, 0.15) is 17.3 Å². The van der Waals surface area contributed by atoms with Crippen LogP contribution in [0.2, 0.25) is 0 Å². The van der Waals surface area contributed by atoms with Gasteiger partial charge >= 0.3 is 0 Å². The van der Waals surface area contributed by atoms with Crippen LogP contribution in [0.5, 0.6) is 5.75 Å². The minimum atomic E-state index is -0.429. The number of hydrogen-bond donors (Lipinski definition) is 2. The lowest BCUT2D eigenvalue weighted by atomic mass is 10.1. The second kappa shape index (κ2) is 9.56. The Morgan fingerprint density at radius 1 is 0.920 bits per heavy atom. The highest BCUT2D eigenvalue weighted by Gasteiger charge is 2.15. The molecule has 0 heterocycles. The Labute approximate surface area is 147 Å². The number of carbonyl (C=O) groups excluding carboxylic acids is 4. The molecule has 2 amide bonds. The van der Waals surface area contributed by atoms with Crippen LogP contribution in [0.15, 0.2) is 12.1 Å². The predicted molar refractivity (Wildman–Crippen MR) is 94.8 cm³/mol. The molecule has 7 heteroatoms. The molecule has 1 aromatic rings. The van der Waals surface area contributed by atoms with E-state index in [1.54, 1.807) is 19.1 Å². The second-order valence-corrected chi connectivity index (χ2v) is 5.87. The number of Topliss-reactive ketones (excluding diaryl/α,β-unsaturated/α-hetero) is 2. The molecule has 0 aromatic heterocycles. The van der Waals surface area contributed by atoms with Crippen molar-refractivity contribution in [2.45, 2.75) is 47.0 Å². The van der Waals surface area contributed by atoms with Crippen molar-refractivity contribution < 1.29 is 23.9 Å². The summed E-state index contributed by atoms with van der Waals surface area (Å²) in [6.45, 7) is 6.81. The van der Waals surface area contributed by atoms with E-state index in [0.29, 0.717) is 29.3 Å². The Morgan fingerprint density at radius 2 is 1.44 bits per heavy atom. The van der Waals surface area contributed by atoms with Gasteiger partial charge in [-0.3, -0.25) is 19.2 Å². The van der Waals surface area contributed by atoms with E-state index >= 15 is 0 Å². The van der Waals surface area contributed by atoms with Crippen LogP contribution in [0.1, 0.15) is 45.6 Å². The maximum Gasteiger partial charge on any atom is 0.231 e. The summed E-state index contributed by atoms with van der Waals surface area (Å²) in [6, 6.07) is 3.26. The summed E-state index contributed by atoms with van der Waals surface area (Å²) in [7, 11) is 0. The highest BCUT2D eigenvalue weighted by atomic mass is 16.5. The Bertz CT molecular complexity index is 682. The van der Waals surface area contributed by atoms with Crippen molar-refractivity contribution in [3.63, 3.8) is 0 Å². The summed E-state index contributed by atoms with van der Waals surface area (Å²) < 4.78 is 5.63. The number of aryl methyl sites for hydroxylation is 1. The van der Waals surface area contributed by atoms with Gasteiger partial charge in [0, 0.05) is 11.8 Å². The molecule has 1 aromatic carbocycles. The van der Waals surface area contributed by atoms with E-state index in [1.165, 1.54) is 13.8 Å². The Hall–Kier alpha value is -2.70. The topological polar surface area (TPSA) is 102 Å². The highest BCUT2D eigenvalue weighted by Crippen LogP contribution is 2.32. The molecule has 2 N–H and O–H groups in total. The molecule has 0 bridgehead atoms. The first kappa shape index (κ1) is 20.3. The van der Waals surface area contributed by atoms with Crippen LogP contribution in [-0.4, -0.2) is 30.0 Å². The van der Waals surface area contributed by atoms with Gasteiger partial charge in [0.25, 0.3) is 0 Å². The summed E-state index contributed by atoms with van der Waals surface area (Å²) >= 11 is 0. The number of hydrogen-bond acceptors (Lipinski definition) is 5. The van der Waals surface area contributed by atoms with Gasteiger partial charge in [-0.1, -0.05) is 6.92 Å². The number of ketones is 2. The lowest BCUT2D eigenvalue weighted by Crippen LogP contribution is -2.17. The molecule has 0 saturated carbocycles. The minimum absolute atomic E-state index is 0.207. The lowest BCUT2D eigenvalue weighted by Gasteiger charge is -2.16. The minimum Gasteiger partial charge on any atom is -0.491 e. The van der Waals surface area contributed by atoms with Crippen LogP contribution in [0.25, 0.3) is 0 Å². The standard InChI is InChI=1S/C18H24N2O5/c1-5-6-25-16-10-14(19-17(23)8-12(3)21)11(2)7-15(16)20-18(24)9-13(4)22/h7,10H,5-6,8-9H2,1-4H3,(H,19,23)(H,20,24). The van der Waals surface area contributed by atoms with Crippen molar-refractivity contribution in [3.8, 4) is 5.75 Å². The van der Waals surface area contributed by atoms with Gasteiger partial charge in [-0.15, -0.1) is 0 Å².